The zero-order chi connectivity index (χ0) is 18.1. The maximum Gasteiger partial charge on any atom is 0.327 e. The Bertz CT molecular complexity index is 842. The number of benzene rings is 2. The van der Waals surface area contributed by atoms with Gasteiger partial charge in [-0.1, -0.05) is 34.1 Å². The summed E-state index contributed by atoms with van der Waals surface area (Å²) in [5.74, 6) is -1.21. The van der Waals surface area contributed by atoms with Crippen LogP contribution < -0.4 is 4.31 Å². The summed E-state index contributed by atoms with van der Waals surface area (Å²) in [6, 6.07) is 10.2. The first kappa shape index (κ1) is 18.5. The second-order valence-corrected chi connectivity index (χ2v) is 8.24. The molecule has 7 heteroatoms. The molecule has 0 heterocycles. The van der Waals surface area contributed by atoms with Crippen LogP contribution in [0.25, 0.3) is 0 Å². The lowest BCUT2D eigenvalue weighted by molar-refractivity contribution is -0.137. The van der Waals surface area contributed by atoms with Crippen molar-refractivity contribution in [1.29, 1.82) is 0 Å². The quantitative estimate of drug-likeness (QED) is 0.812. The molecule has 2 aromatic carbocycles. The number of sulfonamides is 1. The third-order valence-corrected chi connectivity index (χ3v) is 6.15. The molecule has 128 valence electrons. The van der Waals surface area contributed by atoms with Crippen LogP contribution in [0.15, 0.2) is 51.8 Å². The number of hydrogen-bond acceptors (Lipinski definition) is 3. The van der Waals surface area contributed by atoms with E-state index >= 15 is 0 Å². The standard InChI is InChI=1S/C17H18BrNO4S/c1-11-5-4-6-12(2)16(11)19(13(3)17(20)21)24(22,23)15-9-7-14(18)8-10-15/h4-10,13H,1-3H3,(H,20,21). The number of halogens is 1. The molecule has 0 spiro atoms. The minimum Gasteiger partial charge on any atom is -0.480 e. The summed E-state index contributed by atoms with van der Waals surface area (Å²) < 4.78 is 28.0. The number of aliphatic carboxylic acids is 1. The zero-order valence-electron chi connectivity index (χ0n) is 13.5. The number of aryl methyl sites for hydroxylation is 2. The van der Waals surface area contributed by atoms with Gasteiger partial charge in [0, 0.05) is 4.47 Å². The van der Waals surface area contributed by atoms with Gasteiger partial charge >= 0.3 is 5.97 Å². The number of hydrogen-bond donors (Lipinski definition) is 1. The molecule has 0 saturated carbocycles. The summed E-state index contributed by atoms with van der Waals surface area (Å²) in [6.07, 6.45) is 0. The Hall–Kier alpha value is -1.86. The van der Waals surface area contributed by atoms with E-state index in [2.05, 4.69) is 15.9 Å². The van der Waals surface area contributed by atoms with Crippen LogP contribution in [0.3, 0.4) is 0 Å². The first-order chi connectivity index (χ1) is 11.2. The molecule has 24 heavy (non-hydrogen) atoms. The predicted molar refractivity (Wildman–Crippen MR) is 96.8 cm³/mol. The molecule has 1 unspecified atom stereocenters. The number of nitrogens with zero attached hydrogens (tertiary/aromatic N) is 1. The molecule has 2 aromatic rings. The lowest BCUT2D eigenvalue weighted by Crippen LogP contribution is -2.44. The number of carboxylic acids is 1. The second-order valence-electron chi connectivity index (χ2n) is 5.51. The normalized spacial score (nSPS) is 12.7. The van der Waals surface area contributed by atoms with Gasteiger partial charge in [0.05, 0.1) is 10.6 Å². The number of carboxylic acid groups (broad SMARTS) is 1. The molecule has 1 N–H and O–H groups in total. The number of anilines is 1. The lowest BCUT2D eigenvalue weighted by atomic mass is 10.1. The van der Waals surface area contributed by atoms with E-state index in [9.17, 15) is 18.3 Å². The summed E-state index contributed by atoms with van der Waals surface area (Å²) in [5.41, 5.74) is 1.79. The van der Waals surface area contributed by atoms with Gasteiger partial charge in [-0.25, -0.2) is 13.2 Å². The summed E-state index contributed by atoms with van der Waals surface area (Å²) >= 11 is 3.27. The molecule has 0 aromatic heterocycles. The highest BCUT2D eigenvalue weighted by molar-refractivity contribution is 9.10. The van der Waals surface area contributed by atoms with Crippen LogP contribution in [-0.4, -0.2) is 25.5 Å². The fraction of sp³-hybridized carbons (Fsp3) is 0.235. The van der Waals surface area contributed by atoms with Crippen LogP contribution in [0.2, 0.25) is 0 Å². The Morgan fingerprint density at radius 3 is 2.04 bits per heavy atom. The molecule has 0 radical (unpaired) electrons. The molecule has 0 aliphatic carbocycles. The molecule has 0 aliphatic heterocycles. The average molecular weight is 412 g/mol. The second kappa shape index (κ2) is 6.94. The molecule has 0 fully saturated rings. The highest BCUT2D eigenvalue weighted by Crippen LogP contribution is 2.32. The molecular weight excluding hydrogens is 394 g/mol. The summed E-state index contributed by atoms with van der Waals surface area (Å²) in [5, 5.41) is 9.44. The summed E-state index contributed by atoms with van der Waals surface area (Å²) in [7, 11) is -4.03. The van der Waals surface area contributed by atoms with Crippen molar-refractivity contribution in [2.75, 3.05) is 4.31 Å². The minimum atomic E-state index is -4.03. The molecule has 0 amide bonds. The highest BCUT2D eigenvalue weighted by atomic mass is 79.9. The van der Waals surface area contributed by atoms with Gasteiger partial charge in [0.25, 0.3) is 10.0 Å². The monoisotopic (exact) mass is 411 g/mol. The molecule has 0 saturated heterocycles. The lowest BCUT2D eigenvalue weighted by Gasteiger charge is -2.30. The van der Waals surface area contributed by atoms with Crippen molar-refractivity contribution in [2.45, 2.75) is 31.7 Å². The van der Waals surface area contributed by atoms with E-state index in [1.165, 1.54) is 19.1 Å². The van der Waals surface area contributed by atoms with Crippen LogP contribution in [0, 0.1) is 13.8 Å². The topological polar surface area (TPSA) is 74.7 Å². The van der Waals surface area contributed by atoms with Crippen molar-refractivity contribution >= 4 is 37.6 Å². The van der Waals surface area contributed by atoms with E-state index in [1.807, 2.05) is 6.07 Å². The van der Waals surface area contributed by atoms with E-state index in [0.717, 1.165) is 8.78 Å². The Labute approximate surface area is 150 Å². The van der Waals surface area contributed by atoms with Crippen LogP contribution in [0.1, 0.15) is 18.1 Å². The van der Waals surface area contributed by atoms with Gasteiger partial charge < -0.3 is 5.11 Å². The largest absolute Gasteiger partial charge is 0.480 e. The number of para-hydroxylation sites is 1. The molecule has 0 aliphatic rings. The predicted octanol–water partition coefficient (Wildman–Crippen LogP) is 3.73. The molecule has 1 atom stereocenters. The Balaban J connectivity index is 2.71. The van der Waals surface area contributed by atoms with Crippen molar-refractivity contribution in [3.63, 3.8) is 0 Å². The fourth-order valence-electron chi connectivity index (χ4n) is 2.50. The molecular formula is C17H18BrNO4S. The van der Waals surface area contributed by atoms with Crippen molar-refractivity contribution in [1.82, 2.24) is 0 Å². The van der Waals surface area contributed by atoms with E-state index < -0.39 is 22.0 Å². The maximum absolute atomic E-state index is 13.1. The van der Waals surface area contributed by atoms with Crippen molar-refractivity contribution in [3.8, 4) is 0 Å². The average Bonchev–Trinajstić information content (AvgIpc) is 2.50. The van der Waals surface area contributed by atoms with Gasteiger partial charge in [-0.05, 0) is 56.2 Å². The minimum absolute atomic E-state index is 0.0430. The maximum atomic E-state index is 13.1. The third-order valence-electron chi connectivity index (χ3n) is 3.74. The zero-order valence-corrected chi connectivity index (χ0v) is 15.9. The van der Waals surface area contributed by atoms with E-state index in [1.54, 1.807) is 38.1 Å². The first-order valence-corrected chi connectivity index (χ1v) is 9.48. The van der Waals surface area contributed by atoms with Gasteiger partial charge in [-0.3, -0.25) is 4.31 Å². The van der Waals surface area contributed by atoms with E-state index in [0.29, 0.717) is 16.8 Å². The summed E-state index contributed by atoms with van der Waals surface area (Å²) in [6.45, 7) is 4.90. The van der Waals surface area contributed by atoms with Gasteiger partial charge in [-0.2, -0.15) is 0 Å². The van der Waals surface area contributed by atoms with Gasteiger partial charge in [0.2, 0.25) is 0 Å². The van der Waals surface area contributed by atoms with Gasteiger partial charge in [0.15, 0.2) is 0 Å². The molecule has 0 bridgehead atoms. The smallest absolute Gasteiger partial charge is 0.327 e. The number of rotatable bonds is 5. The Morgan fingerprint density at radius 2 is 1.58 bits per heavy atom. The van der Waals surface area contributed by atoms with Gasteiger partial charge in [-0.15, -0.1) is 0 Å². The third kappa shape index (κ3) is 3.47. The van der Waals surface area contributed by atoms with Crippen LogP contribution >= 0.6 is 15.9 Å². The van der Waals surface area contributed by atoms with E-state index in [4.69, 9.17) is 0 Å². The summed E-state index contributed by atoms with van der Waals surface area (Å²) in [4.78, 5) is 11.6. The Morgan fingerprint density at radius 1 is 1.08 bits per heavy atom. The van der Waals surface area contributed by atoms with Crippen molar-refractivity contribution in [3.05, 3.63) is 58.1 Å². The fourth-order valence-corrected chi connectivity index (χ4v) is 4.50. The van der Waals surface area contributed by atoms with Crippen LogP contribution in [-0.2, 0) is 14.8 Å². The number of carbonyl (C=O) groups is 1. The van der Waals surface area contributed by atoms with Crippen LogP contribution in [0.4, 0.5) is 5.69 Å². The SMILES string of the molecule is Cc1cccc(C)c1N(C(C)C(=O)O)S(=O)(=O)c1ccc(Br)cc1. The molecule has 5 nitrogen and oxygen atoms in total. The van der Waals surface area contributed by atoms with Crippen molar-refractivity contribution < 1.29 is 18.3 Å². The highest BCUT2D eigenvalue weighted by Gasteiger charge is 2.34. The molecule has 2 rings (SSSR count). The Kier molecular flexibility index (Phi) is 5.35. The van der Waals surface area contributed by atoms with Crippen molar-refractivity contribution in [2.24, 2.45) is 0 Å². The van der Waals surface area contributed by atoms with E-state index in [-0.39, 0.29) is 4.90 Å². The van der Waals surface area contributed by atoms with Crippen LogP contribution in [0.5, 0.6) is 0 Å². The first-order valence-electron chi connectivity index (χ1n) is 7.25. The van der Waals surface area contributed by atoms with Gasteiger partial charge in [0.1, 0.15) is 6.04 Å².